The lowest BCUT2D eigenvalue weighted by Crippen LogP contribution is -2.03. The van der Waals surface area contributed by atoms with Gasteiger partial charge in [-0.3, -0.25) is 4.79 Å². The molecule has 0 aromatic heterocycles. The molecule has 96 valence electrons. The van der Waals surface area contributed by atoms with Crippen LogP contribution in [0.2, 0.25) is 0 Å². The number of carbonyl (C=O) groups is 1. The molecule has 0 aliphatic rings. The summed E-state index contributed by atoms with van der Waals surface area (Å²) in [7, 11) is 0. The van der Waals surface area contributed by atoms with Crippen molar-refractivity contribution in [2.24, 2.45) is 0 Å². The zero-order valence-electron chi connectivity index (χ0n) is 10.4. The molecule has 2 rings (SSSR count). The molecular weight excluding hydrogens is 304 g/mol. The second-order valence-corrected chi connectivity index (χ2v) is 5.09. The molecule has 0 saturated carbocycles. The van der Waals surface area contributed by atoms with E-state index in [1.807, 2.05) is 18.2 Å². The van der Waals surface area contributed by atoms with Gasteiger partial charge in [-0.25, -0.2) is 0 Å². The van der Waals surface area contributed by atoms with Gasteiger partial charge in [0.15, 0.2) is 5.78 Å². The average Bonchev–Trinajstić information content (AvgIpc) is 2.46. The summed E-state index contributed by atoms with van der Waals surface area (Å²) in [6.07, 6.45) is 0. The highest BCUT2D eigenvalue weighted by Crippen LogP contribution is 2.20. The van der Waals surface area contributed by atoms with Gasteiger partial charge in [-0.1, -0.05) is 46.3 Å². The highest BCUT2D eigenvalue weighted by Gasteiger charge is 2.13. The molecule has 0 aliphatic carbocycles. The van der Waals surface area contributed by atoms with Crippen molar-refractivity contribution in [3.8, 4) is 0 Å². The lowest BCUT2D eigenvalue weighted by Gasteiger charge is -2.06. The molecule has 2 nitrogen and oxygen atoms in total. The van der Waals surface area contributed by atoms with E-state index in [0.717, 1.165) is 4.47 Å². The van der Waals surface area contributed by atoms with Crippen molar-refractivity contribution in [3.63, 3.8) is 0 Å². The van der Waals surface area contributed by atoms with Crippen LogP contribution < -0.4 is 0 Å². The van der Waals surface area contributed by atoms with Crippen LogP contribution in [0, 0.1) is 0 Å². The summed E-state index contributed by atoms with van der Waals surface area (Å²) in [5.41, 5.74) is 1.54. The molecule has 0 bridgehead atoms. The van der Waals surface area contributed by atoms with Crippen LogP contribution in [0.1, 0.15) is 22.8 Å². The molecule has 0 spiro atoms. The number of hydrogen-bond donors (Lipinski definition) is 1. The number of aliphatic hydroxyl groups excluding tert-OH is 1. The quantitative estimate of drug-likeness (QED) is 0.509. The first-order valence-corrected chi connectivity index (χ1v) is 6.64. The van der Waals surface area contributed by atoms with E-state index in [9.17, 15) is 9.90 Å². The van der Waals surface area contributed by atoms with E-state index in [-0.39, 0.29) is 11.5 Å². The molecule has 0 saturated heterocycles. The highest BCUT2D eigenvalue weighted by atomic mass is 79.9. The molecule has 3 heteroatoms. The number of allylic oxidation sites excluding steroid dienone is 1. The van der Waals surface area contributed by atoms with Crippen molar-refractivity contribution in [2.75, 3.05) is 0 Å². The Bertz CT molecular complexity index is 613. The van der Waals surface area contributed by atoms with Crippen LogP contribution in [0.5, 0.6) is 0 Å². The molecule has 0 aliphatic heterocycles. The summed E-state index contributed by atoms with van der Waals surface area (Å²) in [5.74, 6) is -0.151. The van der Waals surface area contributed by atoms with Crippen LogP contribution in [-0.4, -0.2) is 10.9 Å². The summed E-state index contributed by atoms with van der Waals surface area (Å²) in [5, 5.41) is 10.1. The van der Waals surface area contributed by atoms with Gasteiger partial charge in [0.2, 0.25) is 0 Å². The fraction of sp³-hybridized carbons (Fsp3) is 0.0625. The molecule has 0 atom stereocenters. The lowest BCUT2D eigenvalue weighted by molar-refractivity contribution is 0.103. The van der Waals surface area contributed by atoms with Gasteiger partial charge in [-0.15, -0.1) is 0 Å². The van der Waals surface area contributed by atoms with Crippen LogP contribution >= 0.6 is 15.9 Å². The third-order valence-corrected chi connectivity index (χ3v) is 3.38. The summed E-state index contributed by atoms with van der Waals surface area (Å²) >= 11 is 3.32. The zero-order chi connectivity index (χ0) is 13.8. The third-order valence-electron chi connectivity index (χ3n) is 2.85. The molecule has 0 radical (unpaired) electrons. The molecule has 1 N–H and O–H groups in total. The van der Waals surface area contributed by atoms with Crippen molar-refractivity contribution in [1.29, 1.82) is 0 Å². The molecule has 2 aromatic rings. The molecule has 19 heavy (non-hydrogen) atoms. The predicted molar refractivity (Wildman–Crippen MR) is 80.1 cm³/mol. The Morgan fingerprint density at radius 1 is 0.947 bits per heavy atom. The number of hydrogen-bond acceptors (Lipinski definition) is 2. The van der Waals surface area contributed by atoms with Gasteiger partial charge in [0.1, 0.15) is 5.76 Å². The molecule has 0 amide bonds. The first-order chi connectivity index (χ1) is 9.09. The second kappa shape index (κ2) is 5.85. The number of ketones is 1. The first kappa shape index (κ1) is 13.6. The van der Waals surface area contributed by atoms with Gasteiger partial charge < -0.3 is 5.11 Å². The number of aliphatic hydroxyl groups is 1. The Labute approximate surface area is 120 Å². The van der Waals surface area contributed by atoms with Crippen molar-refractivity contribution in [1.82, 2.24) is 0 Å². The van der Waals surface area contributed by atoms with Crippen molar-refractivity contribution >= 4 is 27.5 Å². The minimum absolute atomic E-state index is 0.0218. The van der Waals surface area contributed by atoms with Crippen LogP contribution in [-0.2, 0) is 0 Å². The number of carbonyl (C=O) groups excluding carboxylic acids is 1. The Morgan fingerprint density at radius 3 is 2.11 bits per heavy atom. The van der Waals surface area contributed by atoms with Crippen LogP contribution in [0.4, 0.5) is 0 Å². The molecule has 0 heterocycles. The van der Waals surface area contributed by atoms with Gasteiger partial charge >= 0.3 is 0 Å². The summed E-state index contributed by atoms with van der Waals surface area (Å²) in [6.45, 7) is 1.63. The molecule has 2 aromatic carbocycles. The monoisotopic (exact) mass is 316 g/mol. The van der Waals surface area contributed by atoms with Crippen LogP contribution in [0.3, 0.4) is 0 Å². The summed E-state index contributed by atoms with van der Waals surface area (Å²) in [4.78, 5) is 12.2. The molecule has 0 fully saturated rings. The first-order valence-electron chi connectivity index (χ1n) is 5.85. The normalized spacial score (nSPS) is 11.9. The van der Waals surface area contributed by atoms with Crippen molar-refractivity contribution < 1.29 is 9.90 Å². The highest BCUT2D eigenvalue weighted by molar-refractivity contribution is 9.10. The topological polar surface area (TPSA) is 37.3 Å². The number of halogens is 1. The predicted octanol–water partition coefficient (Wildman–Crippen LogP) is 4.62. The third kappa shape index (κ3) is 3.12. The minimum Gasteiger partial charge on any atom is -0.507 e. The van der Waals surface area contributed by atoms with E-state index in [2.05, 4.69) is 15.9 Å². The number of benzene rings is 2. The maximum absolute atomic E-state index is 12.2. The Kier molecular flexibility index (Phi) is 4.17. The van der Waals surface area contributed by atoms with E-state index in [0.29, 0.717) is 16.7 Å². The maximum atomic E-state index is 12.2. The Hall–Kier alpha value is -1.87. The maximum Gasteiger partial charge on any atom is 0.192 e. The Morgan fingerprint density at radius 2 is 1.53 bits per heavy atom. The SMILES string of the molecule is CC(C(=O)c1ccc(Br)cc1)=C(O)c1ccccc1. The van der Waals surface area contributed by atoms with E-state index in [4.69, 9.17) is 0 Å². The van der Waals surface area contributed by atoms with Crippen LogP contribution in [0.15, 0.2) is 64.6 Å². The average molecular weight is 317 g/mol. The van der Waals surface area contributed by atoms with Crippen molar-refractivity contribution in [3.05, 3.63) is 75.8 Å². The smallest absolute Gasteiger partial charge is 0.192 e. The van der Waals surface area contributed by atoms with Gasteiger partial charge in [-0.2, -0.15) is 0 Å². The molecular formula is C16H13BrO2. The van der Waals surface area contributed by atoms with E-state index in [1.54, 1.807) is 43.3 Å². The van der Waals surface area contributed by atoms with E-state index in [1.165, 1.54) is 0 Å². The lowest BCUT2D eigenvalue weighted by atomic mass is 10.0. The van der Waals surface area contributed by atoms with Gasteiger partial charge in [0.25, 0.3) is 0 Å². The zero-order valence-corrected chi connectivity index (χ0v) is 12.0. The van der Waals surface area contributed by atoms with Gasteiger partial charge in [0, 0.05) is 21.2 Å². The van der Waals surface area contributed by atoms with E-state index >= 15 is 0 Å². The van der Waals surface area contributed by atoms with Crippen molar-refractivity contribution in [2.45, 2.75) is 6.92 Å². The fourth-order valence-corrected chi connectivity index (χ4v) is 2.00. The Balaban J connectivity index is 2.35. The van der Waals surface area contributed by atoms with Crippen LogP contribution in [0.25, 0.3) is 5.76 Å². The standard InChI is InChI=1S/C16H13BrO2/c1-11(15(18)12-5-3-2-4-6-12)16(19)13-7-9-14(17)10-8-13/h2-10,18H,1H3. The number of rotatable bonds is 3. The minimum atomic E-state index is -0.172. The fourth-order valence-electron chi connectivity index (χ4n) is 1.74. The largest absolute Gasteiger partial charge is 0.507 e. The second-order valence-electron chi connectivity index (χ2n) is 4.18. The summed E-state index contributed by atoms with van der Waals surface area (Å²) < 4.78 is 0.915. The summed E-state index contributed by atoms with van der Waals surface area (Å²) in [6, 6.07) is 16.1. The molecule has 0 unspecified atom stereocenters. The van der Waals surface area contributed by atoms with E-state index < -0.39 is 0 Å². The van der Waals surface area contributed by atoms with Gasteiger partial charge in [0.05, 0.1) is 0 Å². The van der Waals surface area contributed by atoms with Gasteiger partial charge in [-0.05, 0) is 31.2 Å². The number of Topliss-reactive ketones (excluding diaryl/α,β-unsaturated/α-hetero) is 1.